The Hall–Kier alpha value is -1.51. The zero-order valence-corrected chi connectivity index (χ0v) is 11.5. The quantitative estimate of drug-likeness (QED) is 0.788. The minimum Gasteiger partial charge on any atom is -0.496 e. The highest BCUT2D eigenvalue weighted by Gasteiger charge is 2.19. The monoisotopic (exact) mass is 235 g/mol. The maximum Gasteiger partial charge on any atom is 0.257 e. The molecule has 3 nitrogen and oxygen atoms in total. The summed E-state index contributed by atoms with van der Waals surface area (Å²) in [5.74, 6) is 0.596. The molecule has 0 heterocycles. The van der Waals surface area contributed by atoms with E-state index >= 15 is 0 Å². The lowest BCUT2D eigenvalue weighted by Crippen LogP contribution is -2.22. The second-order valence-electron chi connectivity index (χ2n) is 5.36. The second-order valence-corrected chi connectivity index (χ2v) is 5.36. The minimum atomic E-state index is -0.0395. The van der Waals surface area contributed by atoms with Crippen LogP contribution in [0, 0.1) is 0 Å². The summed E-state index contributed by atoms with van der Waals surface area (Å²) in [7, 11) is 5.06. The molecule has 0 saturated carbocycles. The van der Waals surface area contributed by atoms with Crippen LogP contribution in [0.4, 0.5) is 0 Å². The SMILES string of the molecule is COc1cc(C(C)(C)C)ccc1C(=O)N(C)C. The number of amides is 1. The highest BCUT2D eigenvalue weighted by molar-refractivity contribution is 5.96. The van der Waals surface area contributed by atoms with Gasteiger partial charge >= 0.3 is 0 Å². The van der Waals surface area contributed by atoms with Crippen LogP contribution >= 0.6 is 0 Å². The number of carbonyl (C=O) groups is 1. The Morgan fingerprint density at radius 1 is 1.24 bits per heavy atom. The standard InChI is InChI=1S/C14H21NO2/c1-14(2,3)10-7-8-11(12(9-10)17-6)13(16)15(4)5/h7-9H,1-6H3. The maximum atomic E-state index is 11.9. The fourth-order valence-corrected chi connectivity index (χ4v) is 1.58. The molecule has 0 aromatic heterocycles. The summed E-state index contributed by atoms with van der Waals surface area (Å²) in [6.07, 6.45) is 0. The molecule has 0 N–H and O–H groups in total. The summed E-state index contributed by atoms with van der Waals surface area (Å²) in [6.45, 7) is 6.40. The van der Waals surface area contributed by atoms with Crippen molar-refractivity contribution in [2.24, 2.45) is 0 Å². The lowest BCUT2D eigenvalue weighted by Gasteiger charge is -2.21. The smallest absolute Gasteiger partial charge is 0.257 e. The van der Waals surface area contributed by atoms with E-state index in [4.69, 9.17) is 4.74 Å². The molecule has 94 valence electrons. The number of hydrogen-bond acceptors (Lipinski definition) is 2. The van der Waals surface area contributed by atoms with Crippen LogP contribution in [-0.2, 0) is 5.41 Å². The van der Waals surface area contributed by atoms with Gasteiger partial charge in [-0.05, 0) is 23.1 Å². The molecular weight excluding hydrogens is 214 g/mol. The molecule has 0 unspecified atom stereocenters. The molecule has 3 heteroatoms. The van der Waals surface area contributed by atoms with Crippen molar-refractivity contribution in [3.05, 3.63) is 29.3 Å². The van der Waals surface area contributed by atoms with Gasteiger partial charge in [-0.25, -0.2) is 0 Å². The Morgan fingerprint density at radius 3 is 2.24 bits per heavy atom. The van der Waals surface area contributed by atoms with Gasteiger partial charge in [-0.1, -0.05) is 26.8 Å². The predicted molar refractivity (Wildman–Crippen MR) is 69.7 cm³/mol. The van der Waals surface area contributed by atoms with E-state index in [1.807, 2.05) is 18.2 Å². The Labute approximate surface area is 103 Å². The fraction of sp³-hybridized carbons (Fsp3) is 0.500. The molecule has 0 atom stereocenters. The van der Waals surface area contributed by atoms with Gasteiger partial charge in [-0.2, -0.15) is 0 Å². The Kier molecular flexibility index (Phi) is 3.81. The lowest BCUT2D eigenvalue weighted by atomic mass is 9.86. The number of rotatable bonds is 2. The Morgan fingerprint density at radius 2 is 1.82 bits per heavy atom. The van der Waals surface area contributed by atoms with Crippen molar-refractivity contribution in [3.63, 3.8) is 0 Å². The van der Waals surface area contributed by atoms with Gasteiger partial charge in [-0.15, -0.1) is 0 Å². The highest BCUT2D eigenvalue weighted by atomic mass is 16.5. The number of methoxy groups -OCH3 is 1. The fourth-order valence-electron chi connectivity index (χ4n) is 1.58. The average molecular weight is 235 g/mol. The van der Waals surface area contributed by atoms with E-state index < -0.39 is 0 Å². The van der Waals surface area contributed by atoms with E-state index in [0.717, 1.165) is 5.56 Å². The van der Waals surface area contributed by atoms with Gasteiger partial charge in [0.2, 0.25) is 0 Å². The number of carbonyl (C=O) groups excluding carboxylic acids is 1. The predicted octanol–water partition coefficient (Wildman–Crippen LogP) is 2.69. The number of benzene rings is 1. The molecule has 0 aliphatic carbocycles. The number of hydrogen-bond donors (Lipinski definition) is 0. The molecule has 1 aromatic carbocycles. The molecule has 1 aromatic rings. The molecule has 1 amide bonds. The van der Waals surface area contributed by atoms with Crippen LogP contribution in [0.1, 0.15) is 36.7 Å². The molecular formula is C14H21NO2. The van der Waals surface area contributed by atoms with Crippen LogP contribution in [0.3, 0.4) is 0 Å². The molecule has 0 bridgehead atoms. The van der Waals surface area contributed by atoms with Crippen molar-refractivity contribution < 1.29 is 9.53 Å². The van der Waals surface area contributed by atoms with Gasteiger partial charge in [-0.3, -0.25) is 4.79 Å². The summed E-state index contributed by atoms with van der Waals surface area (Å²) >= 11 is 0. The number of nitrogens with zero attached hydrogens (tertiary/aromatic N) is 1. The van der Waals surface area contributed by atoms with E-state index in [1.165, 1.54) is 0 Å². The lowest BCUT2D eigenvalue weighted by molar-refractivity contribution is 0.0824. The zero-order chi connectivity index (χ0) is 13.2. The minimum absolute atomic E-state index is 0.0395. The first-order valence-electron chi connectivity index (χ1n) is 5.67. The summed E-state index contributed by atoms with van der Waals surface area (Å²) < 4.78 is 5.30. The van der Waals surface area contributed by atoms with Crippen molar-refractivity contribution in [3.8, 4) is 5.75 Å². The van der Waals surface area contributed by atoms with Crippen molar-refractivity contribution in [1.82, 2.24) is 4.90 Å². The van der Waals surface area contributed by atoms with Crippen LogP contribution in [0.5, 0.6) is 5.75 Å². The molecule has 0 fully saturated rings. The topological polar surface area (TPSA) is 29.5 Å². The van der Waals surface area contributed by atoms with E-state index in [9.17, 15) is 4.79 Å². The zero-order valence-electron chi connectivity index (χ0n) is 11.5. The Bertz CT molecular complexity index is 417. The third kappa shape index (κ3) is 2.99. The second kappa shape index (κ2) is 4.78. The highest BCUT2D eigenvalue weighted by Crippen LogP contribution is 2.28. The van der Waals surface area contributed by atoms with Crippen LogP contribution in [-0.4, -0.2) is 32.0 Å². The van der Waals surface area contributed by atoms with Crippen LogP contribution in [0.2, 0.25) is 0 Å². The maximum absolute atomic E-state index is 11.9. The van der Waals surface area contributed by atoms with Crippen molar-refractivity contribution in [2.75, 3.05) is 21.2 Å². The van der Waals surface area contributed by atoms with E-state index in [0.29, 0.717) is 11.3 Å². The third-order valence-electron chi connectivity index (χ3n) is 2.70. The largest absolute Gasteiger partial charge is 0.496 e. The van der Waals surface area contributed by atoms with Gasteiger partial charge in [0.1, 0.15) is 5.75 Å². The molecule has 0 spiro atoms. The number of ether oxygens (including phenoxy) is 1. The summed E-state index contributed by atoms with van der Waals surface area (Å²) in [5, 5.41) is 0. The molecule has 0 radical (unpaired) electrons. The first kappa shape index (κ1) is 13.6. The first-order chi connectivity index (χ1) is 7.77. The summed E-state index contributed by atoms with van der Waals surface area (Å²) in [5.41, 5.74) is 1.81. The van der Waals surface area contributed by atoms with Crippen LogP contribution in [0.25, 0.3) is 0 Å². The summed E-state index contributed by atoms with van der Waals surface area (Å²) in [4.78, 5) is 13.5. The molecule has 0 saturated heterocycles. The Balaban J connectivity index is 3.24. The third-order valence-corrected chi connectivity index (χ3v) is 2.70. The van der Waals surface area contributed by atoms with Crippen molar-refractivity contribution in [2.45, 2.75) is 26.2 Å². The van der Waals surface area contributed by atoms with Crippen LogP contribution in [0.15, 0.2) is 18.2 Å². The van der Waals surface area contributed by atoms with Gasteiger partial charge < -0.3 is 9.64 Å². The first-order valence-corrected chi connectivity index (χ1v) is 5.67. The van der Waals surface area contributed by atoms with E-state index in [1.54, 1.807) is 26.1 Å². The molecule has 1 rings (SSSR count). The van der Waals surface area contributed by atoms with Crippen molar-refractivity contribution in [1.29, 1.82) is 0 Å². The van der Waals surface area contributed by atoms with Gasteiger partial charge in [0.15, 0.2) is 0 Å². The normalized spacial score (nSPS) is 11.2. The van der Waals surface area contributed by atoms with Gasteiger partial charge in [0.25, 0.3) is 5.91 Å². The molecule has 0 aliphatic rings. The van der Waals surface area contributed by atoms with E-state index in [2.05, 4.69) is 20.8 Å². The average Bonchev–Trinajstić information content (AvgIpc) is 2.25. The van der Waals surface area contributed by atoms with Crippen molar-refractivity contribution >= 4 is 5.91 Å². The van der Waals surface area contributed by atoms with Gasteiger partial charge in [0.05, 0.1) is 12.7 Å². The van der Waals surface area contributed by atoms with Gasteiger partial charge in [0, 0.05) is 14.1 Å². The summed E-state index contributed by atoms with van der Waals surface area (Å²) in [6, 6.07) is 5.76. The molecule has 0 aliphatic heterocycles. The molecule has 17 heavy (non-hydrogen) atoms. The van der Waals surface area contributed by atoms with Crippen LogP contribution < -0.4 is 4.74 Å². The van der Waals surface area contributed by atoms with E-state index in [-0.39, 0.29) is 11.3 Å².